The second-order valence-corrected chi connectivity index (χ2v) is 4.86. The molecule has 1 unspecified atom stereocenters. The van der Waals surface area contributed by atoms with Gasteiger partial charge < -0.3 is 4.74 Å². The number of ether oxygens (including phenoxy) is 1. The number of nitrogens with zero attached hydrogens (tertiary/aromatic N) is 2. The minimum atomic E-state index is 0.535. The summed E-state index contributed by atoms with van der Waals surface area (Å²) in [5.74, 6) is 0.903. The third-order valence-corrected chi connectivity index (χ3v) is 2.67. The van der Waals surface area contributed by atoms with Crippen molar-refractivity contribution >= 4 is 15.9 Å². The zero-order chi connectivity index (χ0) is 10.6. The molecule has 4 heteroatoms. The van der Waals surface area contributed by atoms with E-state index < -0.39 is 0 Å². The fourth-order valence-electron chi connectivity index (χ4n) is 1.42. The maximum absolute atomic E-state index is 5.26. The Morgan fingerprint density at radius 3 is 2.86 bits per heavy atom. The zero-order valence-corrected chi connectivity index (χ0v) is 10.5. The van der Waals surface area contributed by atoms with Gasteiger partial charge in [0.15, 0.2) is 5.75 Å². The minimum Gasteiger partial charge on any atom is -0.493 e. The monoisotopic (exact) mass is 260 g/mol. The van der Waals surface area contributed by atoms with E-state index in [2.05, 4.69) is 34.9 Å². The molecule has 0 aromatic carbocycles. The molecule has 0 saturated carbocycles. The highest BCUT2D eigenvalue weighted by Crippen LogP contribution is 2.20. The number of aromatic nitrogens is 2. The molecule has 0 bridgehead atoms. The molecule has 0 radical (unpaired) electrons. The highest BCUT2D eigenvalue weighted by molar-refractivity contribution is 9.09. The number of aryl methyl sites for hydroxylation is 1. The van der Waals surface area contributed by atoms with Crippen molar-refractivity contribution in [3.8, 4) is 5.75 Å². The van der Waals surface area contributed by atoms with Crippen molar-refractivity contribution in [3.63, 3.8) is 0 Å². The zero-order valence-electron chi connectivity index (χ0n) is 8.96. The van der Waals surface area contributed by atoms with E-state index in [4.69, 9.17) is 4.74 Å². The van der Waals surface area contributed by atoms with E-state index in [1.165, 1.54) is 5.69 Å². The molecule has 0 N–H and O–H groups in total. The predicted molar refractivity (Wildman–Crippen MR) is 61.2 cm³/mol. The lowest BCUT2D eigenvalue weighted by Crippen LogP contribution is -2.05. The van der Waals surface area contributed by atoms with E-state index in [0.717, 1.165) is 25.1 Å². The molecule has 3 nitrogen and oxygen atoms in total. The molecule has 1 rings (SSSR count). The van der Waals surface area contributed by atoms with Crippen LogP contribution >= 0.6 is 15.9 Å². The van der Waals surface area contributed by atoms with Crippen LogP contribution in [0.4, 0.5) is 0 Å². The van der Waals surface area contributed by atoms with Gasteiger partial charge in [-0.2, -0.15) is 5.10 Å². The summed E-state index contributed by atoms with van der Waals surface area (Å²) >= 11 is 3.54. The Morgan fingerprint density at radius 2 is 2.36 bits per heavy atom. The fraction of sp³-hybridized carbons (Fsp3) is 0.700. The Bertz CT molecular complexity index is 262. The summed E-state index contributed by atoms with van der Waals surface area (Å²) in [5.41, 5.74) is 1.20. The third-order valence-electron chi connectivity index (χ3n) is 2.21. The van der Waals surface area contributed by atoms with Crippen molar-refractivity contribution in [2.75, 3.05) is 7.11 Å². The van der Waals surface area contributed by atoms with Crippen LogP contribution in [0.2, 0.25) is 0 Å². The lowest BCUT2D eigenvalue weighted by Gasteiger charge is -2.07. The average Bonchev–Trinajstić information content (AvgIpc) is 2.56. The van der Waals surface area contributed by atoms with Gasteiger partial charge in [0.25, 0.3) is 0 Å². The molecule has 1 heterocycles. The second kappa shape index (κ2) is 5.39. The summed E-state index contributed by atoms with van der Waals surface area (Å²) in [6.07, 6.45) is 3.89. The Morgan fingerprint density at radius 1 is 1.64 bits per heavy atom. The number of rotatable bonds is 5. The lowest BCUT2D eigenvalue weighted by atomic mass is 10.2. The quantitative estimate of drug-likeness (QED) is 0.762. The molecule has 1 aromatic rings. The number of methoxy groups -OCH3 is 1. The van der Waals surface area contributed by atoms with Gasteiger partial charge in [-0.05, 0) is 19.8 Å². The number of alkyl halides is 1. The van der Waals surface area contributed by atoms with Crippen LogP contribution in [0.15, 0.2) is 6.20 Å². The smallest absolute Gasteiger partial charge is 0.159 e. The molecule has 0 saturated heterocycles. The molecule has 0 aliphatic rings. The molecule has 0 aliphatic heterocycles. The molecule has 1 aromatic heterocycles. The van der Waals surface area contributed by atoms with Gasteiger partial charge in [-0.25, -0.2) is 0 Å². The standard InChI is InChI=1S/C10H17BrN2O/c1-4-13-9(6-5-8(2)11)10(14-3)7-12-13/h7-8H,4-6H2,1-3H3. The van der Waals surface area contributed by atoms with E-state index in [0.29, 0.717) is 4.83 Å². The summed E-state index contributed by atoms with van der Waals surface area (Å²) < 4.78 is 7.26. The topological polar surface area (TPSA) is 27.1 Å². The van der Waals surface area contributed by atoms with Gasteiger partial charge in [-0.3, -0.25) is 4.68 Å². The summed E-state index contributed by atoms with van der Waals surface area (Å²) in [4.78, 5) is 0.535. The van der Waals surface area contributed by atoms with Crippen LogP contribution in [0.1, 0.15) is 26.0 Å². The molecule has 1 atom stereocenters. The minimum absolute atomic E-state index is 0.535. The molecule has 0 spiro atoms. The summed E-state index contributed by atoms with van der Waals surface area (Å²) in [5, 5.41) is 4.26. The largest absolute Gasteiger partial charge is 0.493 e. The Balaban J connectivity index is 2.75. The van der Waals surface area contributed by atoms with Crippen molar-refractivity contribution in [3.05, 3.63) is 11.9 Å². The van der Waals surface area contributed by atoms with Crippen molar-refractivity contribution in [1.82, 2.24) is 9.78 Å². The molecule has 0 amide bonds. The Kier molecular flexibility index (Phi) is 4.45. The predicted octanol–water partition coefficient (Wildman–Crippen LogP) is 2.63. The van der Waals surface area contributed by atoms with Gasteiger partial charge in [-0.15, -0.1) is 0 Å². The summed E-state index contributed by atoms with van der Waals surface area (Å²) in [6.45, 7) is 5.14. The van der Waals surface area contributed by atoms with Crippen LogP contribution in [-0.2, 0) is 13.0 Å². The van der Waals surface area contributed by atoms with Crippen LogP contribution in [-0.4, -0.2) is 21.7 Å². The van der Waals surface area contributed by atoms with Gasteiger partial charge in [0.1, 0.15) is 0 Å². The number of halogens is 1. The normalized spacial score (nSPS) is 12.9. The van der Waals surface area contributed by atoms with Crippen molar-refractivity contribution in [2.45, 2.75) is 38.1 Å². The van der Waals surface area contributed by atoms with Crippen LogP contribution in [0.25, 0.3) is 0 Å². The van der Waals surface area contributed by atoms with E-state index in [1.807, 2.05) is 4.68 Å². The maximum atomic E-state index is 5.26. The highest BCUT2D eigenvalue weighted by atomic mass is 79.9. The number of hydrogen-bond donors (Lipinski definition) is 0. The molecule has 0 fully saturated rings. The molecule has 0 aliphatic carbocycles. The van der Waals surface area contributed by atoms with Crippen LogP contribution in [0.3, 0.4) is 0 Å². The van der Waals surface area contributed by atoms with Crippen molar-refractivity contribution in [2.24, 2.45) is 0 Å². The first-order valence-corrected chi connectivity index (χ1v) is 5.83. The van der Waals surface area contributed by atoms with Gasteiger partial charge in [0.05, 0.1) is 19.0 Å². The first-order chi connectivity index (χ1) is 6.69. The van der Waals surface area contributed by atoms with Gasteiger partial charge in [0, 0.05) is 11.4 Å². The second-order valence-electron chi connectivity index (χ2n) is 3.29. The van der Waals surface area contributed by atoms with Gasteiger partial charge in [-0.1, -0.05) is 22.9 Å². The van der Waals surface area contributed by atoms with Crippen LogP contribution in [0, 0.1) is 0 Å². The Hall–Kier alpha value is -0.510. The SMILES string of the molecule is CCn1ncc(OC)c1CCC(C)Br. The molecule has 80 valence electrons. The molecule has 14 heavy (non-hydrogen) atoms. The van der Waals surface area contributed by atoms with Crippen LogP contribution < -0.4 is 4.74 Å². The third kappa shape index (κ3) is 2.74. The first kappa shape index (κ1) is 11.6. The van der Waals surface area contributed by atoms with Crippen LogP contribution in [0.5, 0.6) is 5.75 Å². The highest BCUT2D eigenvalue weighted by Gasteiger charge is 2.10. The average molecular weight is 261 g/mol. The molecular formula is C10H17BrN2O. The maximum Gasteiger partial charge on any atom is 0.159 e. The van der Waals surface area contributed by atoms with Crippen molar-refractivity contribution in [1.29, 1.82) is 0 Å². The van der Waals surface area contributed by atoms with E-state index >= 15 is 0 Å². The van der Waals surface area contributed by atoms with Gasteiger partial charge in [0.2, 0.25) is 0 Å². The molecular weight excluding hydrogens is 244 g/mol. The van der Waals surface area contributed by atoms with Gasteiger partial charge >= 0.3 is 0 Å². The number of hydrogen-bond acceptors (Lipinski definition) is 2. The lowest BCUT2D eigenvalue weighted by molar-refractivity contribution is 0.406. The van der Waals surface area contributed by atoms with E-state index in [1.54, 1.807) is 13.3 Å². The van der Waals surface area contributed by atoms with Crippen molar-refractivity contribution < 1.29 is 4.74 Å². The Labute approximate surface area is 93.6 Å². The first-order valence-electron chi connectivity index (χ1n) is 4.91. The van der Waals surface area contributed by atoms with E-state index in [-0.39, 0.29) is 0 Å². The summed E-state index contributed by atoms with van der Waals surface area (Å²) in [6, 6.07) is 0. The van der Waals surface area contributed by atoms with E-state index in [9.17, 15) is 0 Å². The summed E-state index contributed by atoms with van der Waals surface area (Å²) in [7, 11) is 1.69. The fourth-order valence-corrected chi connectivity index (χ4v) is 1.65.